The first-order valence-electron chi connectivity index (χ1n) is 5.39. The lowest BCUT2D eigenvalue weighted by atomic mass is 10.2. The summed E-state index contributed by atoms with van der Waals surface area (Å²) in [6.45, 7) is 1.85. The Bertz CT molecular complexity index is 645. The Kier molecular flexibility index (Phi) is 3.93. The van der Waals surface area contributed by atoms with Gasteiger partial charge in [-0.1, -0.05) is 23.2 Å². The Hall–Kier alpha value is -1.78. The first-order valence-corrected chi connectivity index (χ1v) is 6.15. The van der Waals surface area contributed by atoms with Crippen LogP contribution < -0.4 is 5.32 Å². The Morgan fingerprint density at radius 2 is 2.00 bits per heavy atom. The number of aryl methyl sites for hydroxylation is 1. The molecule has 0 unspecified atom stereocenters. The number of aromatic nitrogens is 1. The van der Waals surface area contributed by atoms with E-state index < -0.39 is 5.97 Å². The lowest BCUT2D eigenvalue weighted by Crippen LogP contribution is -2.00. The van der Waals surface area contributed by atoms with Crippen molar-refractivity contribution in [2.24, 2.45) is 0 Å². The van der Waals surface area contributed by atoms with Gasteiger partial charge in [0.25, 0.3) is 0 Å². The number of hydrogen-bond acceptors (Lipinski definition) is 3. The Balaban J connectivity index is 2.33. The molecule has 1 heterocycles. The van der Waals surface area contributed by atoms with Gasteiger partial charge in [-0.3, -0.25) is 0 Å². The average Bonchev–Trinajstić information content (AvgIpc) is 2.36. The van der Waals surface area contributed by atoms with Gasteiger partial charge in [-0.2, -0.15) is 0 Å². The van der Waals surface area contributed by atoms with Crippen LogP contribution in [0.2, 0.25) is 10.0 Å². The largest absolute Gasteiger partial charge is 0.478 e. The van der Waals surface area contributed by atoms with Crippen LogP contribution in [0, 0.1) is 6.92 Å². The second kappa shape index (κ2) is 5.47. The minimum absolute atomic E-state index is 0.145. The van der Waals surface area contributed by atoms with Gasteiger partial charge in [0.15, 0.2) is 0 Å². The topological polar surface area (TPSA) is 62.2 Å². The van der Waals surface area contributed by atoms with Crippen LogP contribution in [-0.4, -0.2) is 16.1 Å². The maximum Gasteiger partial charge on any atom is 0.335 e. The van der Waals surface area contributed by atoms with E-state index in [1.165, 1.54) is 18.3 Å². The van der Waals surface area contributed by atoms with Gasteiger partial charge in [0.05, 0.1) is 16.3 Å². The molecule has 2 rings (SSSR count). The molecular weight excluding hydrogens is 287 g/mol. The summed E-state index contributed by atoms with van der Waals surface area (Å²) in [6.07, 6.45) is 1.41. The van der Waals surface area contributed by atoms with E-state index in [2.05, 4.69) is 10.3 Å². The summed E-state index contributed by atoms with van der Waals surface area (Å²) in [7, 11) is 0. The zero-order chi connectivity index (χ0) is 14.0. The second-order valence-corrected chi connectivity index (χ2v) is 4.76. The fraction of sp³-hybridized carbons (Fsp3) is 0.0769. The van der Waals surface area contributed by atoms with E-state index in [1.807, 2.05) is 6.92 Å². The van der Waals surface area contributed by atoms with Crippen LogP contribution in [0.4, 0.5) is 11.5 Å². The number of anilines is 2. The van der Waals surface area contributed by atoms with E-state index in [4.69, 9.17) is 28.3 Å². The summed E-state index contributed by atoms with van der Waals surface area (Å²) < 4.78 is 0. The molecule has 0 aliphatic carbocycles. The van der Waals surface area contributed by atoms with Gasteiger partial charge in [-0.25, -0.2) is 9.78 Å². The van der Waals surface area contributed by atoms with E-state index in [0.717, 1.165) is 5.56 Å². The molecule has 98 valence electrons. The number of carboxylic acid groups (broad SMARTS) is 1. The Morgan fingerprint density at radius 3 is 2.68 bits per heavy atom. The first kappa shape index (κ1) is 13.6. The normalized spacial score (nSPS) is 10.3. The highest BCUT2D eigenvalue weighted by Crippen LogP contribution is 2.30. The molecule has 0 saturated carbocycles. The van der Waals surface area contributed by atoms with Crippen LogP contribution in [0.1, 0.15) is 15.9 Å². The smallest absolute Gasteiger partial charge is 0.335 e. The van der Waals surface area contributed by atoms with Crippen molar-refractivity contribution in [1.29, 1.82) is 0 Å². The third-order valence-electron chi connectivity index (χ3n) is 2.52. The Labute approximate surface area is 120 Å². The van der Waals surface area contributed by atoms with Crippen LogP contribution in [-0.2, 0) is 0 Å². The van der Waals surface area contributed by atoms with Gasteiger partial charge in [0, 0.05) is 11.2 Å². The van der Waals surface area contributed by atoms with Crippen molar-refractivity contribution >= 4 is 40.7 Å². The van der Waals surface area contributed by atoms with Crippen molar-refractivity contribution in [3.63, 3.8) is 0 Å². The minimum atomic E-state index is -1.02. The molecule has 0 spiro atoms. The molecule has 0 radical (unpaired) electrons. The van der Waals surface area contributed by atoms with Gasteiger partial charge >= 0.3 is 5.97 Å². The van der Waals surface area contributed by atoms with Crippen LogP contribution in [0.5, 0.6) is 0 Å². The molecule has 0 saturated heterocycles. The predicted octanol–water partition coefficient (Wildman–Crippen LogP) is 4.14. The van der Waals surface area contributed by atoms with Crippen molar-refractivity contribution in [3.05, 3.63) is 51.6 Å². The lowest BCUT2D eigenvalue weighted by Gasteiger charge is -2.10. The van der Waals surface area contributed by atoms with Crippen molar-refractivity contribution in [3.8, 4) is 0 Å². The molecule has 2 N–H and O–H groups in total. The molecule has 0 aliphatic rings. The maximum absolute atomic E-state index is 10.9. The lowest BCUT2D eigenvalue weighted by molar-refractivity contribution is 0.0697. The van der Waals surface area contributed by atoms with Crippen LogP contribution in [0.3, 0.4) is 0 Å². The zero-order valence-electron chi connectivity index (χ0n) is 9.95. The number of halogens is 2. The molecule has 2 aromatic rings. The highest BCUT2D eigenvalue weighted by atomic mass is 35.5. The first-order chi connectivity index (χ1) is 8.97. The number of aromatic carboxylic acids is 1. The van der Waals surface area contributed by atoms with E-state index in [0.29, 0.717) is 21.6 Å². The summed E-state index contributed by atoms with van der Waals surface area (Å²) in [5.74, 6) is -0.625. The Morgan fingerprint density at radius 1 is 1.26 bits per heavy atom. The monoisotopic (exact) mass is 296 g/mol. The molecular formula is C13H10Cl2N2O2. The maximum atomic E-state index is 10.9. The zero-order valence-corrected chi connectivity index (χ0v) is 11.5. The number of carbonyl (C=O) groups is 1. The molecule has 0 aliphatic heterocycles. The quantitative estimate of drug-likeness (QED) is 0.893. The molecule has 0 atom stereocenters. The third kappa shape index (κ3) is 3.16. The van der Waals surface area contributed by atoms with Crippen LogP contribution in [0.15, 0.2) is 30.5 Å². The third-order valence-corrected chi connectivity index (χ3v) is 3.24. The van der Waals surface area contributed by atoms with Crippen LogP contribution in [0.25, 0.3) is 0 Å². The van der Waals surface area contributed by atoms with Crippen molar-refractivity contribution in [2.75, 3.05) is 5.32 Å². The summed E-state index contributed by atoms with van der Waals surface area (Å²) in [6, 6.07) is 6.24. The fourth-order valence-corrected chi connectivity index (χ4v) is 1.94. The highest BCUT2D eigenvalue weighted by molar-refractivity contribution is 6.35. The van der Waals surface area contributed by atoms with Gasteiger partial charge in [0.1, 0.15) is 5.82 Å². The summed E-state index contributed by atoms with van der Waals surface area (Å²) in [5.41, 5.74) is 1.59. The SMILES string of the molecule is Cc1cc(Cl)c(Nc2cc(C(=O)O)ccn2)cc1Cl. The number of nitrogens with zero attached hydrogens (tertiary/aromatic N) is 1. The van der Waals surface area contributed by atoms with E-state index in [-0.39, 0.29) is 5.56 Å². The van der Waals surface area contributed by atoms with Crippen molar-refractivity contribution in [2.45, 2.75) is 6.92 Å². The summed E-state index contributed by atoms with van der Waals surface area (Å²) in [5, 5.41) is 12.9. The summed E-state index contributed by atoms with van der Waals surface area (Å²) >= 11 is 12.1. The average molecular weight is 297 g/mol. The van der Waals surface area contributed by atoms with E-state index >= 15 is 0 Å². The van der Waals surface area contributed by atoms with Gasteiger partial charge in [-0.15, -0.1) is 0 Å². The summed E-state index contributed by atoms with van der Waals surface area (Å²) in [4.78, 5) is 14.9. The number of rotatable bonds is 3. The molecule has 0 bridgehead atoms. The molecule has 1 aromatic carbocycles. The number of pyridine rings is 1. The molecule has 6 heteroatoms. The van der Waals surface area contributed by atoms with Crippen molar-refractivity contribution in [1.82, 2.24) is 4.98 Å². The molecule has 4 nitrogen and oxygen atoms in total. The number of nitrogens with one attached hydrogen (secondary N) is 1. The van der Waals surface area contributed by atoms with Gasteiger partial charge in [0.2, 0.25) is 0 Å². The molecule has 19 heavy (non-hydrogen) atoms. The van der Waals surface area contributed by atoms with Crippen LogP contribution >= 0.6 is 23.2 Å². The van der Waals surface area contributed by atoms with Gasteiger partial charge < -0.3 is 10.4 Å². The molecule has 1 aromatic heterocycles. The number of carboxylic acids is 1. The highest BCUT2D eigenvalue weighted by Gasteiger charge is 2.08. The predicted molar refractivity (Wildman–Crippen MR) is 75.7 cm³/mol. The van der Waals surface area contributed by atoms with Crippen molar-refractivity contribution < 1.29 is 9.90 Å². The van der Waals surface area contributed by atoms with E-state index in [9.17, 15) is 4.79 Å². The van der Waals surface area contributed by atoms with E-state index in [1.54, 1.807) is 12.1 Å². The fourth-order valence-electron chi connectivity index (χ4n) is 1.51. The standard InChI is InChI=1S/C13H10Cl2N2O2/c1-7-4-10(15)11(6-9(7)14)17-12-5-8(13(18)19)2-3-16-12/h2-6H,1H3,(H,16,17)(H,18,19). The molecule has 0 fully saturated rings. The second-order valence-electron chi connectivity index (χ2n) is 3.94. The minimum Gasteiger partial charge on any atom is -0.478 e. The molecule has 0 amide bonds. The number of hydrogen-bond donors (Lipinski definition) is 2. The number of benzene rings is 1. The van der Waals surface area contributed by atoms with Gasteiger partial charge in [-0.05, 0) is 36.8 Å².